The lowest BCUT2D eigenvalue weighted by Crippen LogP contribution is -2.10. The molecule has 0 spiro atoms. The average molecular weight is 275 g/mol. The minimum Gasteiger partial charge on any atom is -0.324 e. The number of halogens is 1. The molecule has 2 N–H and O–H groups in total. The summed E-state index contributed by atoms with van der Waals surface area (Å²) < 4.78 is 1.27. The van der Waals surface area contributed by atoms with E-state index in [1.165, 1.54) is 9.13 Å². The molecule has 0 fully saturated rings. The summed E-state index contributed by atoms with van der Waals surface area (Å²) in [5.41, 5.74) is 7.28. The number of hydrogen-bond acceptors (Lipinski definition) is 1. The third kappa shape index (κ3) is 2.45. The van der Waals surface area contributed by atoms with Gasteiger partial charge in [-0.3, -0.25) is 0 Å². The molecular formula is C10H14IN. The molecule has 0 saturated carbocycles. The van der Waals surface area contributed by atoms with Gasteiger partial charge in [-0.2, -0.15) is 0 Å². The zero-order valence-electron chi connectivity index (χ0n) is 7.26. The van der Waals surface area contributed by atoms with E-state index < -0.39 is 0 Å². The first-order valence-electron chi connectivity index (χ1n) is 4.25. The average Bonchev–Trinajstić information content (AvgIpc) is 2.05. The maximum absolute atomic E-state index is 6.00. The van der Waals surface area contributed by atoms with Gasteiger partial charge in [0.1, 0.15) is 0 Å². The summed E-state index contributed by atoms with van der Waals surface area (Å²) in [5.74, 6) is 0. The molecule has 0 heterocycles. The minimum atomic E-state index is 0.211. The van der Waals surface area contributed by atoms with Crippen molar-refractivity contribution < 1.29 is 0 Å². The summed E-state index contributed by atoms with van der Waals surface area (Å²) in [4.78, 5) is 0. The van der Waals surface area contributed by atoms with Gasteiger partial charge in [-0.1, -0.05) is 31.5 Å². The maximum atomic E-state index is 6.00. The van der Waals surface area contributed by atoms with Crippen molar-refractivity contribution in [1.82, 2.24) is 0 Å². The predicted octanol–water partition coefficient (Wildman–Crippen LogP) is 3.09. The Bertz CT molecular complexity index is 247. The van der Waals surface area contributed by atoms with E-state index in [0.29, 0.717) is 0 Å². The Hall–Kier alpha value is -0.0900. The first kappa shape index (κ1) is 9.99. The van der Waals surface area contributed by atoms with Gasteiger partial charge in [-0.15, -0.1) is 0 Å². The van der Waals surface area contributed by atoms with Crippen molar-refractivity contribution >= 4 is 22.6 Å². The second-order valence-corrected chi connectivity index (χ2v) is 4.08. The first-order chi connectivity index (χ1) is 5.75. The van der Waals surface area contributed by atoms with Gasteiger partial charge >= 0.3 is 0 Å². The van der Waals surface area contributed by atoms with Crippen LogP contribution in [0.25, 0.3) is 0 Å². The van der Waals surface area contributed by atoms with Crippen molar-refractivity contribution in [2.45, 2.75) is 25.8 Å². The van der Waals surface area contributed by atoms with E-state index in [4.69, 9.17) is 5.73 Å². The molecule has 0 aliphatic carbocycles. The summed E-state index contributed by atoms with van der Waals surface area (Å²) in [7, 11) is 0. The molecule has 0 amide bonds. The SMILES string of the molecule is CCCC(N)c1ccccc1I. The quantitative estimate of drug-likeness (QED) is 0.843. The lowest BCUT2D eigenvalue weighted by atomic mass is 10.0. The van der Waals surface area contributed by atoms with Crippen LogP contribution in [0.3, 0.4) is 0 Å². The number of nitrogens with two attached hydrogens (primary N) is 1. The van der Waals surface area contributed by atoms with E-state index in [2.05, 4.69) is 41.6 Å². The third-order valence-corrected chi connectivity index (χ3v) is 2.89. The molecule has 1 unspecified atom stereocenters. The highest BCUT2D eigenvalue weighted by atomic mass is 127. The molecule has 0 aromatic heterocycles. The Kier molecular flexibility index (Phi) is 4.01. The number of rotatable bonds is 3. The highest BCUT2D eigenvalue weighted by Crippen LogP contribution is 2.20. The van der Waals surface area contributed by atoms with Gasteiger partial charge in [0, 0.05) is 9.61 Å². The van der Waals surface area contributed by atoms with Gasteiger partial charge < -0.3 is 5.73 Å². The van der Waals surface area contributed by atoms with Crippen LogP contribution in [0, 0.1) is 3.57 Å². The lowest BCUT2D eigenvalue weighted by Gasteiger charge is -2.11. The molecule has 1 aromatic carbocycles. The zero-order chi connectivity index (χ0) is 8.97. The van der Waals surface area contributed by atoms with Crippen molar-refractivity contribution in [2.75, 3.05) is 0 Å². The summed E-state index contributed by atoms with van der Waals surface area (Å²) in [6, 6.07) is 8.52. The van der Waals surface area contributed by atoms with Crippen molar-refractivity contribution in [3.05, 3.63) is 33.4 Å². The second-order valence-electron chi connectivity index (χ2n) is 2.92. The van der Waals surface area contributed by atoms with Crippen LogP contribution in [0.4, 0.5) is 0 Å². The van der Waals surface area contributed by atoms with Crippen LogP contribution in [0.1, 0.15) is 31.4 Å². The molecular weight excluding hydrogens is 261 g/mol. The molecule has 1 rings (SSSR count). The minimum absolute atomic E-state index is 0.211. The van der Waals surface area contributed by atoms with Crippen LogP contribution in [0.2, 0.25) is 0 Å². The summed E-state index contributed by atoms with van der Waals surface area (Å²) in [6.45, 7) is 2.16. The van der Waals surface area contributed by atoms with Crippen LogP contribution in [0.15, 0.2) is 24.3 Å². The molecule has 0 aliphatic rings. The van der Waals surface area contributed by atoms with E-state index in [1.807, 2.05) is 12.1 Å². The Balaban J connectivity index is 2.79. The van der Waals surface area contributed by atoms with Gasteiger partial charge in [0.25, 0.3) is 0 Å². The summed E-state index contributed by atoms with van der Waals surface area (Å²) in [5, 5.41) is 0. The van der Waals surface area contributed by atoms with Crippen molar-refractivity contribution in [2.24, 2.45) is 5.73 Å². The van der Waals surface area contributed by atoms with Crippen molar-refractivity contribution in [1.29, 1.82) is 0 Å². The van der Waals surface area contributed by atoms with E-state index >= 15 is 0 Å². The Labute approximate surface area is 87.5 Å². The van der Waals surface area contributed by atoms with E-state index in [9.17, 15) is 0 Å². The molecule has 12 heavy (non-hydrogen) atoms. The number of hydrogen-bond donors (Lipinski definition) is 1. The molecule has 66 valence electrons. The molecule has 1 nitrogen and oxygen atoms in total. The Morgan fingerprint density at radius 2 is 2.08 bits per heavy atom. The van der Waals surface area contributed by atoms with Gasteiger partial charge in [0.2, 0.25) is 0 Å². The fourth-order valence-corrected chi connectivity index (χ4v) is 2.03. The van der Waals surface area contributed by atoms with E-state index in [0.717, 1.165) is 12.8 Å². The van der Waals surface area contributed by atoms with Gasteiger partial charge in [-0.05, 0) is 40.6 Å². The zero-order valence-corrected chi connectivity index (χ0v) is 9.41. The summed E-state index contributed by atoms with van der Waals surface area (Å²) >= 11 is 2.34. The molecule has 0 bridgehead atoms. The molecule has 2 heteroatoms. The fourth-order valence-electron chi connectivity index (χ4n) is 1.24. The lowest BCUT2D eigenvalue weighted by molar-refractivity contribution is 0.636. The van der Waals surface area contributed by atoms with Crippen LogP contribution < -0.4 is 5.73 Å². The van der Waals surface area contributed by atoms with Crippen molar-refractivity contribution in [3.63, 3.8) is 0 Å². The van der Waals surface area contributed by atoms with Gasteiger partial charge in [-0.25, -0.2) is 0 Å². The third-order valence-electron chi connectivity index (χ3n) is 1.90. The summed E-state index contributed by atoms with van der Waals surface area (Å²) in [6.07, 6.45) is 2.21. The predicted molar refractivity (Wildman–Crippen MR) is 61.0 cm³/mol. The largest absolute Gasteiger partial charge is 0.324 e. The normalized spacial score (nSPS) is 12.9. The van der Waals surface area contributed by atoms with Crippen LogP contribution in [0.5, 0.6) is 0 Å². The van der Waals surface area contributed by atoms with Crippen LogP contribution in [-0.2, 0) is 0 Å². The van der Waals surface area contributed by atoms with Gasteiger partial charge in [0.15, 0.2) is 0 Å². The van der Waals surface area contributed by atoms with Crippen molar-refractivity contribution in [3.8, 4) is 0 Å². The van der Waals surface area contributed by atoms with E-state index in [1.54, 1.807) is 0 Å². The fraction of sp³-hybridized carbons (Fsp3) is 0.400. The Morgan fingerprint density at radius 1 is 1.42 bits per heavy atom. The van der Waals surface area contributed by atoms with E-state index in [-0.39, 0.29) is 6.04 Å². The smallest absolute Gasteiger partial charge is 0.0305 e. The van der Waals surface area contributed by atoms with Crippen LogP contribution >= 0.6 is 22.6 Å². The maximum Gasteiger partial charge on any atom is 0.0305 e. The highest BCUT2D eigenvalue weighted by Gasteiger charge is 2.06. The Morgan fingerprint density at radius 3 is 2.67 bits per heavy atom. The molecule has 0 radical (unpaired) electrons. The molecule has 1 aromatic rings. The first-order valence-corrected chi connectivity index (χ1v) is 5.33. The standard InChI is InChI=1S/C10H14IN/c1-2-5-10(12)8-6-3-4-7-9(8)11/h3-4,6-7,10H,2,5,12H2,1H3. The second kappa shape index (κ2) is 4.82. The molecule has 0 saturated heterocycles. The van der Waals surface area contributed by atoms with Crippen LogP contribution in [-0.4, -0.2) is 0 Å². The molecule has 1 atom stereocenters. The monoisotopic (exact) mass is 275 g/mol. The number of benzene rings is 1. The van der Waals surface area contributed by atoms with Gasteiger partial charge in [0.05, 0.1) is 0 Å². The topological polar surface area (TPSA) is 26.0 Å². The molecule has 0 aliphatic heterocycles. The highest BCUT2D eigenvalue weighted by molar-refractivity contribution is 14.1.